The summed E-state index contributed by atoms with van der Waals surface area (Å²) in [4.78, 5) is 4.95. The number of fused-ring (bicyclic) bond motifs is 2. The number of hydrogen-bond acceptors (Lipinski definition) is 2. The van der Waals surface area contributed by atoms with Crippen LogP contribution in [0.25, 0.3) is 0 Å². The molecule has 6 rings (SSSR count). The second-order valence-electron chi connectivity index (χ2n) is 11.6. The van der Waals surface area contributed by atoms with Crippen LogP contribution in [-0.4, -0.2) is 11.8 Å². The maximum atomic E-state index is 4.95. The van der Waals surface area contributed by atoms with Crippen LogP contribution in [0.3, 0.4) is 0 Å². The van der Waals surface area contributed by atoms with Gasteiger partial charge in [0.1, 0.15) is 0 Å². The number of nitrogens with one attached hydrogen (secondary N) is 1. The molecule has 0 bridgehead atoms. The first-order valence-electron chi connectivity index (χ1n) is 15.2. The molecule has 2 aliphatic carbocycles. The Morgan fingerprint density at radius 1 is 0.674 bits per heavy atom. The lowest BCUT2D eigenvalue weighted by atomic mass is 9.85. The quantitative estimate of drug-likeness (QED) is 0.198. The van der Waals surface area contributed by atoms with Crippen molar-refractivity contribution in [2.24, 2.45) is 4.99 Å². The summed E-state index contributed by atoms with van der Waals surface area (Å²) in [6, 6.07) is 35.9. The summed E-state index contributed by atoms with van der Waals surface area (Å²) in [5, 5.41) is 3.80. The molecule has 0 unspecified atom stereocenters. The molecule has 0 aliphatic heterocycles. The number of aryl methyl sites for hydroxylation is 2. The summed E-state index contributed by atoms with van der Waals surface area (Å²) in [6.07, 6.45) is 6.88. The van der Waals surface area contributed by atoms with Crippen molar-refractivity contribution in [2.75, 3.05) is 0 Å². The van der Waals surface area contributed by atoms with Gasteiger partial charge < -0.3 is 5.32 Å². The second kappa shape index (κ2) is 18.6. The lowest BCUT2D eigenvalue weighted by Gasteiger charge is -2.29. The van der Waals surface area contributed by atoms with Crippen LogP contribution >= 0.6 is 61.2 Å². The Hall–Kier alpha value is -1.30. The fourth-order valence-electron chi connectivity index (χ4n) is 6.39. The molecule has 0 radical (unpaired) electrons. The van der Waals surface area contributed by atoms with Crippen molar-refractivity contribution in [2.45, 2.75) is 84.3 Å². The zero-order chi connectivity index (χ0) is 29.9. The van der Waals surface area contributed by atoms with E-state index >= 15 is 0 Å². The molecule has 0 heterocycles. The van der Waals surface area contributed by atoms with Gasteiger partial charge in [-0.05, 0) is 104 Å². The zero-order valence-corrected chi connectivity index (χ0v) is 32.5. The number of nitrogens with zero attached hydrogens (tertiary/aromatic N) is 1. The highest BCUT2D eigenvalue weighted by Crippen LogP contribution is 2.27. The minimum absolute atomic E-state index is 0. The van der Waals surface area contributed by atoms with E-state index in [4.69, 9.17) is 4.99 Å². The van der Waals surface area contributed by atoms with Crippen molar-refractivity contribution < 1.29 is 0 Å². The fourth-order valence-corrected chi connectivity index (χ4v) is 6.39. The van der Waals surface area contributed by atoms with Gasteiger partial charge in [-0.15, -0.1) is 24.0 Å². The first-order valence-corrected chi connectivity index (χ1v) is 21.5. The maximum Gasteiger partial charge on any atom is 0.0720 e. The number of halogens is 3. The third-order valence-corrected chi connectivity index (χ3v) is 8.73. The van der Waals surface area contributed by atoms with Gasteiger partial charge in [-0.25, -0.2) is 0 Å². The van der Waals surface area contributed by atoms with Gasteiger partial charge in [-0.2, -0.15) is 0 Å². The van der Waals surface area contributed by atoms with Crippen molar-refractivity contribution in [3.63, 3.8) is 0 Å². The van der Waals surface area contributed by atoms with E-state index in [0.29, 0.717) is 12.1 Å². The minimum Gasteiger partial charge on any atom is -0.307 e. The monoisotopic (exact) mass is 910 g/mol. The lowest BCUT2D eigenvalue weighted by molar-refractivity contribution is 0.413. The van der Waals surface area contributed by atoms with Gasteiger partial charge in [0.15, 0.2) is 0 Å². The number of benzene rings is 4. The Bertz CT molecular complexity index is 1440. The summed E-state index contributed by atoms with van der Waals surface area (Å²) in [5.74, 6) is 0. The van der Waals surface area contributed by atoms with Gasteiger partial charge in [-0.1, -0.05) is 97.1 Å². The zero-order valence-electron chi connectivity index (χ0n) is 25.8. The van der Waals surface area contributed by atoms with Gasteiger partial charge in [-0.3, -0.25) is 4.99 Å². The van der Waals surface area contributed by atoms with Crippen molar-refractivity contribution in [1.29, 1.82) is 0 Å². The molecule has 1 N–H and O–H groups in total. The molecule has 3 atom stereocenters. The van der Waals surface area contributed by atoms with Gasteiger partial charge >= 0.3 is 0 Å². The predicted molar refractivity (Wildman–Crippen MR) is 214 cm³/mol. The van der Waals surface area contributed by atoms with Crippen LogP contribution in [0.2, 0.25) is 0 Å². The molecule has 2 nitrogen and oxygen atoms in total. The normalized spacial score (nSPS) is 17.4. The molecule has 228 valence electrons. The number of aliphatic imine (C=N–C) groups is 1. The molecule has 43 heavy (non-hydrogen) atoms. The van der Waals surface area contributed by atoms with Crippen LogP contribution in [-0.2, 0) is 25.7 Å². The van der Waals surface area contributed by atoms with Crippen molar-refractivity contribution in [1.82, 2.24) is 5.32 Å². The Balaban J connectivity index is 0.000000218. The van der Waals surface area contributed by atoms with E-state index < -0.39 is 0 Å². The minimum atomic E-state index is 0. The molecule has 0 saturated heterocycles. The highest BCUT2D eigenvalue weighted by molar-refractivity contribution is 15.0. The third kappa shape index (κ3) is 10.4. The van der Waals surface area contributed by atoms with E-state index in [9.17, 15) is 0 Å². The third-order valence-electron chi connectivity index (χ3n) is 8.73. The Morgan fingerprint density at radius 3 is 1.86 bits per heavy atom. The van der Waals surface area contributed by atoms with Gasteiger partial charge in [0.2, 0.25) is 0 Å². The lowest BCUT2D eigenvalue weighted by Crippen LogP contribution is -2.36. The molecule has 0 saturated carbocycles. The largest absolute Gasteiger partial charge is 0.307 e. The highest BCUT2D eigenvalue weighted by Gasteiger charge is 2.21. The van der Waals surface area contributed by atoms with Crippen LogP contribution in [0.15, 0.2) is 102 Å². The standard InChI is InChI=1S/C19H23N.C19H21N.I2.HI/c2*1-14-7-6-10-17-13-18(11-12-19(14)17)20-15(2)16-8-4-3-5-9-16;1-2;/h3-10,15,18,20H,11-13H2,1-2H3;3-10,15H,11-13H2,1-2H3;;1H/t15-,18+;15-;;/m11../s1. The molecule has 4 aromatic carbocycles. The molecule has 0 amide bonds. The summed E-state index contributed by atoms with van der Waals surface area (Å²) >= 11 is 4.24. The molecule has 5 heteroatoms. The summed E-state index contributed by atoms with van der Waals surface area (Å²) < 4.78 is 0. The van der Waals surface area contributed by atoms with Crippen molar-refractivity contribution in [3.05, 3.63) is 142 Å². The molecular weight excluding hydrogens is 865 g/mol. The summed E-state index contributed by atoms with van der Waals surface area (Å²) in [7, 11) is 0. The first-order chi connectivity index (χ1) is 20.5. The van der Waals surface area contributed by atoms with Crippen LogP contribution in [0.1, 0.15) is 83.3 Å². The molecule has 0 aromatic heterocycles. The Labute approximate surface area is 300 Å². The van der Waals surface area contributed by atoms with E-state index in [2.05, 4.69) is 167 Å². The van der Waals surface area contributed by atoms with E-state index in [1.54, 1.807) is 11.1 Å². The molecule has 4 aromatic rings. The first kappa shape index (κ1) is 36.2. The summed E-state index contributed by atoms with van der Waals surface area (Å²) in [6.45, 7) is 8.90. The fraction of sp³-hybridized carbons (Fsp3) is 0.342. The molecule has 0 fully saturated rings. The topological polar surface area (TPSA) is 24.4 Å². The van der Waals surface area contributed by atoms with E-state index in [-0.39, 0.29) is 30.0 Å². The average Bonchev–Trinajstić information content (AvgIpc) is 3.03. The highest BCUT2D eigenvalue weighted by atomic mass is 128. The number of rotatable bonds is 5. The Kier molecular flexibility index (Phi) is 15.7. The maximum absolute atomic E-state index is 4.95. The van der Waals surface area contributed by atoms with E-state index in [0.717, 1.165) is 25.7 Å². The molecule has 0 spiro atoms. The smallest absolute Gasteiger partial charge is 0.0720 e. The Morgan fingerprint density at radius 2 is 1.23 bits per heavy atom. The van der Waals surface area contributed by atoms with Gasteiger partial charge in [0.05, 0.1) is 6.04 Å². The summed E-state index contributed by atoms with van der Waals surface area (Å²) in [5.41, 5.74) is 13.0. The van der Waals surface area contributed by atoms with Crippen molar-refractivity contribution in [3.8, 4) is 0 Å². The predicted octanol–water partition coefficient (Wildman–Crippen LogP) is 11.3. The van der Waals surface area contributed by atoms with Crippen molar-refractivity contribution >= 4 is 66.9 Å². The van der Waals surface area contributed by atoms with Gasteiger partial charge in [0.25, 0.3) is 0 Å². The molecule has 2 aliphatic rings. The van der Waals surface area contributed by atoms with Crippen LogP contribution < -0.4 is 5.32 Å². The van der Waals surface area contributed by atoms with E-state index in [1.165, 1.54) is 51.9 Å². The van der Waals surface area contributed by atoms with Crippen LogP contribution in [0.4, 0.5) is 0 Å². The van der Waals surface area contributed by atoms with Crippen LogP contribution in [0, 0.1) is 13.8 Å². The average molecular weight is 911 g/mol. The van der Waals surface area contributed by atoms with E-state index in [1.807, 2.05) is 0 Å². The van der Waals surface area contributed by atoms with Crippen LogP contribution in [0.5, 0.6) is 0 Å². The second-order valence-corrected chi connectivity index (χ2v) is 11.6. The number of hydrogen-bond donors (Lipinski definition) is 1. The molecular formula is C38H45I3N2. The SMILES string of the molecule is Cc1cccc2c1CCC(=N[C@H](C)c1ccccc1)C2.Cc1cccc2c1CC[C@H](N[C@H](C)c1ccccc1)C2.I.II. The van der Waals surface area contributed by atoms with Gasteiger partial charge in [0, 0.05) is 61.4 Å².